The molecule has 0 spiro atoms. The molecule has 0 saturated heterocycles. The molecule has 1 aromatic heterocycles. The molecular formula is C10H16ClN3O. The number of H-pyrrole nitrogens is 1. The molecule has 84 valence electrons. The van der Waals surface area contributed by atoms with Gasteiger partial charge in [0.05, 0.1) is 17.3 Å². The minimum Gasteiger partial charge on any atom is -0.335 e. The summed E-state index contributed by atoms with van der Waals surface area (Å²) in [6.07, 6.45) is 1.54. The van der Waals surface area contributed by atoms with Crippen LogP contribution in [0.2, 0.25) is 0 Å². The first-order valence-electron chi connectivity index (χ1n) is 4.74. The molecule has 1 heterocycles. The number of alkyl halides is 1. The highest BCUT2D eigenvalue weighted by Gasteiger charge is 2.28. The summed E-state index contributed by atoms with van der Waals surface area (Å²) >= 11 is 5.82. The van der Waals surface area contributed by atoms with Gasteiger partial charge in [-0.05, 0) is 20.8 Å². The smallest absolute Gasteiger partial charge is 0.257 e. The van der Waals surface area contributed by atoms with Crippen LogP contribution in [-0.2, 0) is 0 Å². The van der Waals surface area contributed by atoms with E-state index < -0.39 is 0 Å². The van der Waals surface area contributed by atoms with Crippen molar-refractivity contribution in [2.24, 2.45) is 0 Å². The van der Waals surface area contributed by atoms with Gasteiger partial charge in [-0.25, -0.2) is 0 Å². The number of aromatic amines is 1. The first kappa shape index (κ1) is 12.0. The number of halogens is 1. The highest BCUT2D eigenvalue weighted by Crippen LogP contribution is 2.18. The maximum atomic E-state index is 12.0. The van der Waals surface area contributed by atoms with Crippen molar-refractivity contribution >= 4 is 17.5 Å². The quantitative estimate of drug-likeness (QED) is 0.804. The van der Waals surface area contributed by atoms with Crippen LogP contribution >= 0.6 is 11.6 Å². The third kappa shape index (κ3) is 2.31. The molecule has 0 unspecified atom stereocenters. The Morgan fingerprint density at radius 2 is 2.27 bits per heavy atom. The molecule has 0 aromatic carbocycles. The van der Waals surface area contributed by atoms with Crippen LogP contribution in [0, 0.1) is 6.92 Å². The molecule has 5 heteroatoms. The van der Waals surface area contributed by atoms with Gasteiger partial charge in [-0.3, -0.25) is 9.89 Å². The van der Waals surface area contributed by atoms with E-state index in [0.29, 0.717) is 11.4 Å². The van der Waals surface area contributed by atoms with Crippen LogP contribution in [0.1, 0.15) is 29.9 Å². The zero-order chi connectivity index (χ0) is 11.6. The largest absolute Gasteiger partial charge is 0.335 e. The van der Waals surface area contributed by atoms with E-state index >= 15 is 0 Å². The van der Waals surface area contributed by atoms with E-state index in [1.807, 2.05) is 20.8 Å². The lowest BCUT2D eigenvalue weighted by Crippen LogP contribution is -2.46. The van der Waals surface area contributed by atoms with Gasteiger partial charge >= 0.3 is 0 Å². The van der Waals surface area contributed by atoms with E-state index in [1.165, 1.54) is 0 Å². The molecule has 4 nitrogen and oxygen atoms in total. The fourth-order valence-corrected chi connectivity index (χ4v) is 1.29. The molecule has 1 N–H and O–H groups in total. The highest BCUT2D eigenvalue weighted by molar-refractivity contribution is 6.18. The number of hydrogen-bond acceptors (Lipinski definition) is 2. The number of amides is 1. The summed E-state index contributed by atoms with van der Waals surface area (Å²) in [4.78, 5) is 13.7. The molecule has 0 bridgehead atoms. The lowest BCUT2D eigenvalue weighted by atomic mass is 10.1. The van der Waals surface area contributed by atoms with Crippen molar-refractivity contribution < 1.29 is 4.79 Å². The zero-order valence-corrected chi connectivity index (χ0v) is 10.2. The van der Waals surface area contributed by atoms with Gasteiger partial charge in [0.1, 0.15) is 0 Å². The Hall–Kier alpha value is -1.03. The number of aromatic nitrogens is 2. The van der Waals surface area contributed by atoms with Crippen LogP contribution in [0.15, 0.2) is 6.20 Å². The van der Waals surface area contributed by atoms with Crippen molar-refractivity contribution in [2.45, 2.75) is 26.3 Å². The van der Waals surface area contributed by atoms with Gasteiger partial charge in [0.25, 0.3) is 5.91 Å². The molecule has 0 saturated carbocycles. The third-order valence-electron chi connectivity index (χ3n) is 2.60. The number of carbonyl (C=O) groups excluding carboxylic acids is 1. The third-order valence-corrected chi connectivity index (χ3v) is 3.25. The average molecular weight is 230 g/mol. The number of nitrogens with zero attached hydrogens (tertiary/aromatic N) is 2. The van der Waals surface area contributed by atoms with Crippen molar-refractivity contribution in [3.05, 3.63) is 17.5 Å². The fraction of sp³-hybridized carbons (Fsp3) is 0.600. The van der Waals surface area contributed by atoms with Crippen molar-refractivity contribution in [2.75, 3.05) is 12.9 Å². The second kappa shape index (κ2) is 4.23. The van der Waals surface area contributed by atoms with E-state index in [2.05, 4.69) is 10.2 Å². The summed E-state index contributed by atoms with van der Waals surface area (Å²) in [6.45, 7) is 5.67. The monoisotopic (exact) mass is 229 g/mol. The van der Waals surface area contributed by atoms with E-state index in [9.17, 15) is 4.79 Å². The second-order valence-corrected chi connectivity index (χ2v) is 4.49. The Morgan fingerprint density at radius 3 is 2.67 bits per heavy atom. The Labute approximate surface area is 94.6 Å². The highest BCUT2D eigenvalue weighted by atomic mass is 35.5. The van der Waals surface area contributed by atoms with E-state index in [-0.39, 0.29) is 11.4 Å². The van der Waals surface area contributed by atoms with Gasteiger partial charge in [0, 0.05) is 18.6 Å². The zero-order valence-electron chi connectivity index (χ0n) is 9.47. The first-order chi connectivity index (χ1) is 6.90. The normalized spacial score (nSPS) is 11.5. The summed E-state index contributed by atoms with van der Waals surface area (Å²) in [6, 6.07) is 0. The minimum absolute atomic E-state index is 0.0631. The molecule has 0 aliphatic heterocycles. The fourth-order valence-electron chi connectivity index (χ4n) is 1.11. The molecule has 0 atom stereocenters. The van der Waals surface area contributed by atoms with Crippen molar-refractivity contribution in [3.63, 3.8) is 0 Å². The van der Waals surface area contributed by atoms with Crippen LogP contribution < -0.4 is 0 Å². The molecule has 1 rings (SSSR count). The summed E-state index contributed by atoms with van der Waals surface area (Å²) in [7, 11) is 1.75. The molecule has 0 fully saturated rings. The summed E-state index contributed by atoms with van der Waals surface area (Å²) in [5, 5.41) is 6.57. The van der Waals surface area contributed by atoms with E-state index in [0.717, 1.165) is 5.69 Å². The Morgan fingerprint density at radius 1 is 1.67 bits per heavy atom. The van der Waals surface area contributed by atoms with Crippen molar-refractivity contribution in [1.82, 2.24) is 15.1 Å². The van der Waals surface area contributed by atoms with Crippen LogP contribution in [0.25, 0.3) is 0 Å². The van der Waals surface area contributed by atoms with Gasteiger partial charge in [-0.15, -0.1) is 11.6 Å². The van der Waals surface area contributed by atoms with E-state index in [4.69, 9.17) is 11.6 Å². The van der Waals surface area contributed by atoms with Gasteiger partial charge < -0.3 is 4.90 Å². The molecular weight excluding hydrogens is 214 g/mol. The predicted octanol–water partition coefficient (Wildman–Crippen LogP) is 1.81. The number of aryl methyl sites for hydroxylation is 1. The van der Waals surface area contributed by atoms with Gasteiger partial charge in [0.15, 0.2) is 0 Å². The van der Waals surface area contributed by atoms with Gasteiger partial charge in [0.2, 0.25) is 0 Å². The lowest BCUT2D eigenvalue weighted by molar-refractivity contribution is 0.0659. The lowest BCUT2D eigenvalue weighted by Gasteiger charge is -2.33. The second-order valence-electron chi connectivity index (χ2n) is 4.22. The number of rotatable bonds is 3. The summed E-state index contributed by atoms with van der Waals surface area (Å²) in [5.41, 5.74) is 1.01. The van der Waals surface area contributed by atoms with Crippen LogP contribution in [0.3, 0.4) is 0 Å². The topological polar surface area (TPSA) is 49.0 Å². The number of hydrogen-bond donors (Lipinski definition) is 1. The Bertz CT molecular complexity index is 359. The number of carbonyl (C=O) groups is 1. The summed E-state index contributed by atoms with van der Waals surface area (Å²) in [5.74, 6) is 0.332. The minimum atomic E-state index is -0.359. The Kier molecular flexibility index (Phi) is 3.39. The number of nitrogens with one attached hydrogen (secondary N) is 1. The maximum Gasteiger partial charge on any atom is 0.257 e. The molecule has 1 amide bonds. The molecule has 0 aliphatic rings. The van der Waals surface area contributed by atoms with Crippen LogP contribution in [0.4, 0.5) is 0 Å². The predicted molar refractivity (Wildman–Crippen MR) is 60.2 cm³/mol. The standard InChI is InChI=1S/C10H16ClN3O/c1-7-8(5-12-13-7)9(15)14(4)10(2,3)6-11/h5H,6H2,1-4H3,(H,12,13). The van der Waals surface area contributed by atoms with Crippen molar-refractivity contribution in [1.29, 1.82) is 0 Å². The average Bonchev–Trinajstić information content (AvgIpc) is 2.62. The molecule has 0 aliphatic carbocycles. The Balaban J connectivity index is 2.92. The maximum absolute atomic E-state index is 12.0. The summed E-state index contributed by atoms with van der Waals surface area (Å²) < 4.78 is 0. The van der Waals surface area contributed by atoms with Crippen molar-refractivity contribution in [3.8, 4) is 0 Å². The van der Waals surface area contributed by atoms with Crippen LogP contribution in [-0.4, -0.2) is 39.5 Å². The van der Waals surface area contributed by atoms with E-state index in [1.54, 1.807) is 18.1 Å². The molecule has 1 aromatic rings. The van der Waals surface area contributed by atoms with Gasteiger partial charge in [-0.2, -0.15) is 5.10 Å². The molecule has 0 radical (unpaired) electrons. The first-order valence-corrected chi connectivity index (χ1v) is 5.27. The molecule has 15 heavy (non-hydrogen) atoms. The van der Waals surface area contributed by atoms with Crippen LogP contribution in [0.5, 0.6) is 0 Å². The van der Waals surface area contributed by atoms with Gasteiger partial charge in [-0.1, -0.05) is 0 Å². The SMILES string of the molecule is Cc1[nH]ncc1C(=O)N(C)C(C)(C)CCl.